The Morgan fingerprint density at radius 2 is 1.69 bits per heavy atom. The van der Waals surface area contributed by atoms with Crippen LogP contribution in [0.5, 0.6) is 0 Å². The highest BCUT2D eigenvalue weighted by Gasteiger charge is 2.53. The molecule has 0 spiro atoms. The fourth-order valence-corrected chi connectivity index (χ4v) is 7.76. The predicted octanol–water partition coefficient (Wildman–Crippen LogP) is 3.91. The van der Waals surface area contributed by atoms with Crippen LogP contribution in [0.4, 0.5) is 10.7 Å². The Kier molecular flexibility index (Phi) is 5.65. The minimum atomic E-state index is -0.831. The van der Waals surface area contributed by atoms with Crippen molar-refractivity contribution in [1.82, 2.24) is 9.78 Å². The molecule has 2 aromatic rings. The van der Waals surface area contributed by atoms with E-state index < -0.39 is 22.8 Å². The van der Waals surface area contributed by atoms with Crippen LogP contribution in [0.3, 0.4) is 0 Å². The topological polar surface area (TPSA) is 143 Å². The van der Waals surface area contributed by atoms with Gasteiger partial charge in [-0.25, -0.2) is 9.59 Å². The maximum Gasteiger partial charge on any atom is 0.348 e. The van der Waals surface area contributed by atoms with E-state index in [0.717, 1.165) is 30.6 Å². The molecule has 11 nitrogen and oxygen atoms in total. The summed E-state index contributed by atoms with van der Waals surface area (Å²) in [7, 11) is 2.39. The Bertz CT molecular complexity index is 1210. The number of nitrogens with zero attached hydrogens (tertiary/aromatic N) is 3. The van der Waals surface area contributed by atoms with E-state index in [1.54, 1.807) is 4.68 Å². The third kappa shape index (κ3) is 3.79. The van der Waals surface area contributed by atoms with Crippen LogP contribution in [0.15, 0.2) is 6.20 Å². The minimum absolute atomic E-state index is 0.00517. The molecule has 4 aliphatic carbocycles. The van der Waals surface area contributed by atoms with Gasteiger partial charge in [-0.15, -0.1) is 11.3 Å². The van der Waals surface area contributed by atoms with E-state index in [4.69, 9.17) is 9.47 Å². The quantitative estimate of drug-likeness (QED) is 0.356. The van der Waals surface area contributed by atoms with Gasteiger partial charge in [-0.1, -0.05) is 0 Å². The number of nitro groups is 1. The predicted molar refractivity (Wildman–Crippen MR) is 125 cm³/mol. The molecular weight excluding hydrogens is 476 g/mol. The van der Waals surface area contributed by atoms with Gasteiger partial charge in [0.25, 0.3) is 5.91 Å². The van der Waals surface area contributed by atoms with E-state index in [2.05, 4.69) is 10.4 Å². The van der Waals surface area contributed by atoms with Crippen molar-refractivity contribution in [3.8, 4) is 0 Å². The Morgan fingerprint density at radius 3 is 2.20 bits per heavy atom. The summed E-state index contributed by atoms with van der Waals surface area (Å²) in [6, 6.07) is 0. The molecule has 6 rings (SSSR count). The Morgan fingerprint density at radius 1 is 1.11 bits per heavy atom. The van der Waals surface area contributed by atoms with Crippen LogP contribution < -0.4 is 5.32 Å². The first-order valence-electron chi connectivity index (χ1n) is 11.5. The molecule has 4 saturated carbocycles. The summed E-state index contributed by atoms with van der Waals surface area (Å²) in [5, 5.41) is 18.9. The van der Waals surface area contributed by atoms with E-state index in [9.17, 15) is 24.5 Å². The monoisotopic (exact) mass is 502 g/mol. The molecule has 12 heteroatoms. The highest BCUT2D eigenvalue weighted by atomic mass is 32.1. The van der Waals surface area contributed by atoms with E-state index in [1.165, 1.54) is 46.6 Å². The fraction of sp³-hybridized carbons (Fsp3) is 0.565. The maximum atomic E-state index is 13.2. The van der Waals surface area contributed by atoms with Gasteiger partial charge in [0.15, 0.2) is 0 Å². The molecule has 0 unspecified atom stereocenters. The molecule has 4 bridgehead atoms. The number of carbonyl (C=O) groups is 3. The number of hydrogen-bond donors (Lipinski definition) is 1. The number of nitrogens with one attached hydrogen (secondary N) is 1. The number of esters is 2. The number of aromatic nitrogens is 2. The van der Waals surface area contributed by atoms with Gasteiger partial charge >= 0.3 is 17.6 Å². The maximum absolute atomic E-state index is 13.2. The zero-order chi connectivity index (χ0) is 25.1. The summed E-state index contributed by atoms with van der Waals surface area (Å²) >= 11 is 0.842. The average molecular weight is 503 g/mol. The Labute approximate surface area is 204 Å². The highest BCUT2D eigenvalue weighted by molar-refractivity contribution is 7.18. The number of hydrogen-bond acceptors (Lipinski definition) is 9. The highest BCUT2D eigenvalue weighted by Crippen LogP contribution is 2.58. The lowest BCUT2D eigenvalue weighted by Gasteiger charge is -2.56. The van der Waals surface area contributed by atoms with Crippen molar-refractivity contribution < 1.29 is 28.8 Å². The van der Waals surface area contributed by atoms with Crippen LogP contribution in [-0.4, -0.2) is 46.8 Å². The first kappa shape index (κ1) is 23.5. The van der Waals surface area contributed by atoms with E-state index in [1.807, 2.05) is 0 Å². The summed E-state index contributed by atoms with van der Waals surface area (Å²) in [5.41, 5.74) is -0.731. The molecule has 2 aromatic heterocycles. The van der Waals surface area contributed by atoms with E-state index in [0.29, 0.717) is 17.8 Å². The first-order chi connectivity index (χ1) is 16.7. The summed E-state index contributed by atoms with van der Waals surface area (Å²) in [6.07, 6.45) is 7.72. The lowest BCUT2D eigenvalue weighted by Crippen LogP contribution is -2.52. The molecule has 4 fully saturated rings. The Balaban J connectivity index is 1.50. The molecule has 0 aliphatic heterocycles. The van der Waals surface area contributed by atoms with Crippen LogP contribution in [0.2, 0.25) is 0 Å². The molecule has 0 radical (unpaired) electrons. The van der Waals surface area contributed by atoms with Gasteiger partial charge in [0.1, 0.15) is 16.1 Å². The molecule has 0 aromatic carbocycles. The lowest BCUT2D eigenvalue weighted by atomic mass is 9.53. The zero-order valence-corrected chi connectivity index (χ0v) is 20.5. The number of rotatable bonds is 6. The molecule has 1 N–H and O–H groups in total. The molecule has 4 aliphatic rings. The first-order valence-corrected chi connectivity index (χ1v) is 12.3. The van der Waals surface area contributed by atoms with Gasteiger partial charge in [0, 0.05) is 0 Å². The van der Waals surface area contributed by atoms with Crippen molar-refractivity contribution in [2.75, 3.05) is 19.5 Å². The van der Waals surface area contributed by atoms with Gasteiger partial charge in [0.05, 0.1) is 30.2 Å². The number of thiophene rings is 1. The van der Waals surface area contributed by atoms with Crippen LogP contribution >= 0.6 is 11.3 Å². The minimum Gasteiger partial charge on any atom is -0.465 e. The van der Waals surface area contributed by atoms with Crippen molar-refractivity contribution in [3.05, 3.63) is 38.0 Å². The summed E-state index contributed by atoms with van der Waals surface area (Å²) in [5.74, 6) is -0.475. The van der Waals surface area contributed by atoms with Crippen molar-refractivity contribution in [2.45, 2.75) is 51.0 Å². The molecule has 0 atom stereocenters. The van der Waals surface area contributed by atoms with Crippen LogP contribution in [0.1, 0.15) is 74.6 Å². The van der Waals surface area contributed by atoms with Gasteiger partial charge in [-0.2, -0.15) is 5.10 Å². The second-order valence-electron chi connectivity index (χ2n) is 9.90. The molecule has 0 saturated heterocycles. The second-order valence-corrected chi connectivity index (χ2v) is 10.9. The third-order valence-corrected chi connectivity index (χ3v) is 8.92. The van der Waals surface area contributed by atoms with Crippen molar-refractivity contribution in [3.63, 3.8) is 0 Å². The lowest BCUT2D eigenvalue weighted by molar-refractivity contribution is -0.385. The molecule has 1 amide bonds. The number of carbonyl (C=O) groups excluding carboxylic acids is 3. The Hall–Kier alpha value is -3.28. The largest absolute Gasteiger partial charge is 0.465 e. The molecule has 2 heterocycles. The van der Waals surface area contributed by atoms with Crippen LogP contribution in [-0.2, 0) is 15.0 Å². The number of ether oxygens (including phenoxy) is 2. The van der Waals surface area contributed by atoms with Gasteiger partial charge in [0.2, 0.25) is 5.69 Å². The SMILES string of the molecule is COC(=O)c1sc(NC(=O)c2nn(C34CC5CC(CC(C5)C3)C4)cc2[N+](=O)[O-])c(C(=O)OC)c1C. The number of amides is 1. The van der Waals surface area contributed by atoms with Crippen molar-refractivity contribution in [1.29, 1.82) is 0 Å². The fourth-order valence-electron chi connectivity index (χ4n) is 6.65. The molecular formula is C23H26N4O7S. The van der Waals surface area contributed by atoms with Gasteiger partial charge in [-0.3, -0.25) is 19.6 Å². The zero-order valence-electron chi connectivity index (χ0n) is 19.7. The number of methoxy groups -OCH3 is 2. The number of anilines is 1. The van der Waals surface area contributed by atoms with Crippen LogP contribution in [0, 0.1) is 34.8 Å². The molecule has 35 heavy (non-hydrogen) atoms. The summed E-state index contributed by atoms with van der Waals surface area (Å²) in [6.45, 7) is 1.54. The average Bonchev–Trinajstić information content (AvgIpc) is 3.40. The van der Waals surface area contributed by atoms with Crippen molar-refractivity contribution in [2.24, 2.45) is 17.8 Å². The van der Waals surface area contributed by atoms with Crippen molar-refractivity contribution >= 4 is 39.9 Å². The smallest absolute Gasteiger partial charge is 0.348 e. The van der Waals surface area contributed by atoms with Gasteiger partial charge in [-0.05, 0) is 68.8 Å². The normalized spacial score (nSPS) is 26.4. The third-order valence-electron chi connectivity index (χ3n) is 7.73. The second kappa shape index (κ2) is 8.43. The standard InChI is InChI=1S/C23H26N4O7S/c1-11-16(21(29)33-2)20(35-18(11)22(30)34-3)24-19(28)17-15(27(31)32)10-26(25-17)23-7-12-4-13(8-23)6-14(5-12)9-23/h10,12-14H,4-9H2,1-3H3,(H,24,28). The molecule has 186 valence electrons. The van der Waals surface area contributed by atoms with E-state index in [-0.39, 0.29) is 37.9 Å². The van der Waals surface area contributed by atoms with E-state index >= 15 is 0 Å². The van der Waals surface area contributed by atoms with Gasteiger partial charge < -0.3 is 14.8 Å². The van der Waals surface area contributed by atoms with Crippen LogP contribution in [0.25, 0.3) is 0 Å². The summed E-state index contributed by atoms with van der Waals surface area (Å²) < 4.78 is 11.2. The summed E-state index contributed by atoms with van der Waals surface area (Å²) in [4.78, 5) is 49.2.